The van der Waals surface area contributed by atoms with Gasteiger partial charge in [0.2, 0.25) is 11.1 Å². The molecule has 0 saturated heterocycles. The molecule has 0 bridgehead atoms. The molecule has 7 heteroatoms. The Labute approximate surface area is 144 Å². The maximum atomic E-state index is 12.2. The number of carbonyl (C=O) groups is 1. The lowest BCUT2D eigenvalue weighted by Crippen LogP contribution is -2.28. The molecular weight excluding hydrogens is 328 g/mol. The number of carbonyl (C=O) groups excluding carboxylic acids is 1. The molecule has 0 saturated carbocycles. The second kappa shape index (κ2) is 6.88. The lowest BCUT2D eigenvalue weighted by Gasteiger charge is -2.15. The fourth-order valence-corrected chi connectivity index (χ4v) is 2.68. The second-order valence-electron chi connectivity index (χ2n) is 5.55. The molecule has 24 heavy (non-hydrogen) atoms. The molecule has 2 aromatic heterocycles. The van der Waals surface area contributed by atoms with E-state index in [1.807, 2.05) is 42.0 Å². The molecule has 1 amide bonds. The number of rotatable bonds is 5. The van der Waals surface area contributed by atoms with E-state index < -0.39 is 0 Å². The van der Waals surface area contributed by atoms with Gasteiger partial charge < -0.3 is 14.4 Å². The molecule has 0 aliphatic carbocycles. The largest absolute Gasteiger partial charge is 0.349 e. The van der Waals surface area contributed by atoms with E-state index in [-0.39, 0.29) is 23.6 Å². The zero-order valence-corrected chi connectivity index (χ0v) is 14.1. The summed E-state index contributed by atoms with van der Waals surface area (Å²) in [5.74, 6) is -0.130. The third-order valence-electron chi connectivity index (χ3n) is 3.85. The Balaban J connectivity index is 1.64. The van der Waals surface area contributed by atoms with Crippen molar-refractivity contribution in [2.24, 2.45) is 0 Å². The van der Waals surface area contributed by atoms with Crippen molar-refractivity contribution in [3.8, 4) is 5.69 Å². The quantitative estimate of drug-likeness (QED) is 0.771. The van der Waals surface area contributed by atoms with Crippen LogP contribution in [-0.2, 0) is 11.2 Å². The molecule has 0 radical (unpaired) electrons. The number of imidazole rings is 1. The van der Waals surface area contributed by atoms with Gasteiger partial charge in [-0.25, -0.2) is 4.98 Å². The minimum absolute atomic E-state index is 0.117. The zero-order valence-electron chi connectivity index (χ0n) is 13.4. The van der Waals surface area contributed by atoms with Crippen LogP contribution in [0.25, 0.3) is 5.69 Å². The molecule has 0 unspecified atom stereocenters. The monoisotopic (exact) mass is 344 g/mol. The van der Waals surface area contributed by atoms with Crippen molar-refractivity contribution < 1.29 is 9.32 Å². The van der Waals surface area contributed by atoms with Crippen LogP contribution in [0.3, 0.4) is 0 Å². The Morgan fingerprint density at radius 1 is 1.38 bits per heavy atom. The first-order chi connectivity index (χ1) is 11.5. The maximum Gasteiger partial charge on any atom is 0.229 e. The van der Waals surface area contributed by atoms with Gasteiger partial charge in [-0.2, -0.15) is 0 Å². The normalized spacial score (nSPS) is 12.1. The molecule has 1 atom stereocenters. The minimum atomic E-state index is -0.130. The van der Waals surface area contributed by atoms with Gasteiger partial charge in [0, 0.05) is 23.6 Å². The van der Waals surface area contributed by atoms with Gasteiger partial charge in [-0.05, 0) is 43.1 Å². The first-order valence-corrected chi connectivity index (χ1v) is 7.90. The molecule has 3 aromatic rings. The predicted molar refractivity (Wildman–Crippen MR) is 90.1 cm³/mol. The average molecular weight is 345 g/mol. The summed E-state index contributed by atoms with van der Waals surface area (Å²) in [5, 5.41) is 6.87. The zero-order chi connectivity index (χ0) is 17.1. The van der Waals surface area contributed by atoms with Gasteiger partial charge in [-0.15, -0.1) is 0 Å². The molecule has 1 N–H and O–H groups in total. The van der Waals surface area contributed by atoms with Crippen LogP contribution in [-0.4, -0.2) is 20.6 Å². The highest BCUT2D eigenvalue weighted by Crippen LogP contribution is 2.20. The van der Waals surface area contributed by atoms with Crippen LogP contribution >= 0.6 is 11.6 Å². The summed E-state index contributed by atoms with van der Waals surface area (Å²) in [6, 6.07) is 7.82. The van der Waals surface area contributed by atoms with E-state index in [2.05, 4.69) is 15.5 Å². The molecule has 3 rings (SSSR count). The van der Waals surface area contributed by atoms with Gasteiger partial charge in [-0.3, -0.25) is 4.79 Å². The summed E-state index contributed by atoms with van der Waals surface area (Å²) in [4.78, 5) is 16.2. The Morgan fingerprint density at radius 2 is 2.12 bits per heavy atom. The number of nitrogens with one attached hydrogen (secondary N) is 1. The fourth-order valence-electron chi connectivity index (χ4n) is 2.44. The predicted octanol–water partition coefficient (Wildman–Crippen LogP) is 3.24. The van der Waals surface area contributed by atoms with Gasteiger partial charge in [0.05, 0.1) is 24.5 Å². The third-order valence-corrected chi connectivity index (χ3v) is 4.14. The SMILES string of the molecule is Cc1noc(Cl)c1CC(=O)N[C@@H](C)c1ccc(-n2ccnc2)cc1. The molecule has 0 aliphatic heterocycles. The number of benzene rings is 1. The van der Waals surface area contributed by atoms with Crippen molar-refractivity contribution in [1.29, 1.82) is 0 Å². The first kappa shape index (κ1) is 16.3. The highest BCUT2D eigenvalue weighted by atomic mass is 35.5. The standard InChI is InChI=1S/C17H17ClN4O2/c1-11(20-16(23)9-15-12(2)21-24-17(15)18)13-3-5-14(6-4-13)22-8-7-19-10-22/h3-8,10-11H,9H2,1-2H3,(H,20,23)/t11-/m0/s1. The Kier molecular flexibility index (Phi) is 4.66. The van der Waals surface area contributed by atoms with Crippen LogP contribution in [0.1, 0.15) is 29.8 Å². The lowest BCUT2D eigenvalue weighted by atomic mass is 10.1. The highest BCUT2D eigenvalue weighted by Gasteiger charge is 2.16. The number of hydrogen-bond acceptors (Lipinski definition) is 4. The Morgan fingerprint density at radius 3 is 2.71 bits per heavy atom. The summed E-state index contributed by atoms with van der Waals surface area (Å²) < 4.78 is 6.78. The summed E-state index contributed by atoms with van der Waals surface area (Å²) in [6.45, 7) is 3.70. The Bertz CT molecular complexity index is 805. The molecule has 124 valence electrons. The summed E-state index contributed by atoms with van der Waals surface area (Å²) in [6.07, 6.45) is 5.50. The highest BCUT2D eigenvalue weighted by molar-refractivity contribution is 6.29. The third kappa shape index (κ3) is 3.49. The fraction of sp³-hybridized carbons (Fsp3) is 0.235. The summed E-state index contributed by atoms with van der Waals surface area (Å²) >= 11 is 5.89. The van der Waals surface area contributed by atoms with Gasteiger partial charge >= 0.3 is 0 Å². The first-order valence-electron chi connectivity index (χ1n) is 7.53. The van der Waals surface area contributed by atoms with E-state index in [9.17, 15) is 4.79 Å². The van der Waals surface area contributed by atoms with Crippen molar-refractivity contribution in [2.45, 2.75) is 26.3 Å². The molecule has 0 fully saturated rings. The Hall–Kier alpha value is -2.60. The summed E-state index contributed by atoms with van der Waals surface area (Å²) in [7, 11) is 0. The molecule has 6 nitrogen and oxygen atoms in total. The van der Waals surface area contributed by atoms with Crippen molar-refractivity contribution in [2.75, 3.05) is 0 Å². The van der Waals surface area contributed by atoms with Crippen molar-refractivity contribution in [3.63, 3.8) is 0 Å². The van der Waals surface area contributed by atoms with Crippen LogP contribution in [0.15, 0.2) is 47.5 Å². The van der Waals surface area contributed by atoms with Gasteiger partial charge in [0.1, 0.15) is 0 Å². The van der Waals surface area contributed by atoms with Gasteiger partial charge in [0.25, 0.3) is 0 Å². The van der Waals surface area contributed by atoms with E-state index in [4.69, 9.17) is 16.1 Å². The van der Waals surface area contributed by atoms with Gasteiger partial charge in [0.15, 0.2) is 0 Å². The maximum absolute atomic E-state index is 12.2. The van der Waals surface area contributed by atoms with Crippen LogP contribution in [0.5, 0.6) is 0 Å². The van der Waals surface area contributed by atoms with Gasteiger partial charge in [-0.1, -0.05) is 17.3 Å². The molecular formula is C17H17ClN4O2. The lowest BCUT2D eigenvalue weighted by molar-refractivity contribution is -0.121. The van der Waals surface area contributed by atoms with E-state index in [1.165, 1.54) is 0 Å². The van der Waals surface area contributed by atoms with E-state index in [0.717, 1.165) is 11.3 Å². The van der Waals surface area contributed by atoms with E-state index in [1.54, 1.807) is 19.4 Å². The molecule has 0 spiro atoms. The van der Waals surface area contributed by atoms with Crippen LogP contribution in [0.2, 0.25) is 5.22 Å². The molecule has 1 aromatic carbocycles. The van der Waals surface area contributed by atoms with E-state index in [0.29, 0.717) is 11.3 Å². The smallest absolute Gasteiger partial charge is 0.229 e. The molecule has 2 heterocycles. The van der Waals surface area contributed by atoms with Crippen molar-refractivity contribution in [1.82, 2.24) is 20.0 Å². The number of nitrogens with zero attached hydrogens (tertiary/aromatic N) is 3. The van der Waals surface area contributed by atoms with Crippen molar-refractivity contribution in [3.05, 3.63) is 65.0 Å². The number of hydrogen-bond donors (Lipinski definition) is 1. The van der Waals surface area contributed by atoms with Crippen LogP contribution < -0.4 is 5.32 Å². The van der Waals surface area contributed by atoms with Crippen LogP contribution in [0.4, 0.5) is 0 Å². The van der Waals surface area contributed by atoms with Crippen LogP contribution in [0, 0.1) is 6.92 Å². The number of amides is 1. The van der Waals surface area contributed by atoms with Crippen molar-refractivity contribution >= 4 is 17.5 Å². The number of aromatic nitrogens is 3. The number of aryl methyl sites for hydroxylation is 1. The minimum Gasteiger partial charge on any atom is -0.349 e. The average Bonchev–Trinajstić information content (AvgIpc) is 3.21. The molecule has 0 aliphatic rings. The second-order valence-corrected chi connectivity index (χ2v) is 5.89. The number of halogens is 1. The topological polar surface area (TPSA) is 73.0 Å². The van der Waals surface area contributed by atoms with E-state index >= 15 is 0 Å². The summed E-state index contributed by atoms with van der Waals surface area (Å²) in [5.41, 5.74) is 3.28.